The fourth-order valence-electron chi connectivity index (χ4n) is 2.13. The molecule has 0 aliphatic heterocycles. The molecule has 0 bridgehead atoms. The van der Waals surface area contributed by atoms with Gasteiger partial charge < -0.3 is 9.73 Å². The monoisotopic (exact) mass is 343 g/mol. The van der Waals surface area contributed by atoms with Gasteiger partial charge in [-0.05, 0) is 42.8 Å². The first kappa shape index (κ1) is 13.8. The molecule has 106 valence electrons. The lowest BCUT2D eigenvalue weighted by atomic mass is 10.1. The zero-order valence-electron chi connectivity index (χ0n) is 11.5. The molecule has 0 saturated carbocycles. The second-order valence-electron chi connectivity index (χ2n) is 4.74. The molecule has 0 radical (unpaired) electrons. The number of halogens is 1. The Balaban J connectivity index is 1.78. The molecule has 5 heteroatoms. The minimum Gasteiger partial charge on any atom is -0.423 e. The Kier molecular flexibility index (Phi) is 4.01. The summed E-state index contributed by atoms with van der Waals surface area (Å²) in [6.07, 6.45) is 1.33. The molecule has 1 atom stereocenters. The minimum absolute atomic E-state index is 0.205. The maximum Gasteiger partial charge on any atom is 0.247 e. The summed E-state index contributed by atoms with van der Waals surface area (Å²) in [6, 6.07) is 16.4. The Labute approximate surface area is 131 Å². The highest BCUT2D eigenvalue weighted by molar-refractivity contribution is 9.10. The largest absolute Gasteiger partial charge is 0.423 e. The van der Waals surface area contributed by atoms with E-state index in [-0.39, 0.29) is 6.04 Å². The highest BCUT2D eigenvalue weighted by Crippen LogP contribution is 2.24. The number of hydrogen-bond acceptors (Lipinski definition) is 4. The average molecular weight is 344 g/mol. The quantitative estimate of drug-likeness (QED) is 0.747. The highest BCUT2D eigenvalue weighted by atomic mass is 79.9. The zero-order chi connectivity index (χ0) is 14.7. The van der Waals surface area contributed by atoms with Gasteiger partial charge in [0.05, 0.1) is 0 Å². The van der Waals surface area contributed by atoms with Crippen LogP contribution >= 0.6 is 15.9 Å². The van der Waals surface area contributed by atoms with Gasteiger partial charge in [0.15, 0.2) is 0 Å². The summed E-state index contributed by atoms with van der Waals surface area (Å²) in [5.41, 5.74) is 3.14. The van der Waals surface area contributed by atoms with Crippen molar-refractivity contribution in [2.75, 3.05) is 5.32 Å². The SMILES string of the molecule is CC(Nc1cccc(-c2nnco2)c1)c1ccc(Br)cc1. The van der Waals surface area contributed by atoms with Crippen LogP contribution < -0.4 is 5.32 Å². The van der Waals surface area contributed by atoms with Crippen molar-refractivity contribution in [1.82, 2.24) is 10.2 Å². The van der Waals surface area contributed by atoms with Crippen LogP contribution in [0, 0.1) is 0 Å². The zero-order valence-corrected chi connectivity index (χ0v) is 13.0. The van der Waals surface area contributed by atoms with Crippen LogP contribution in [0.3, 0.4) is 0 Å². The number of nitrogens with one attached hydrogen (secondary N) is 1. The van der Waals surface area contributed by atoms with Gasteiger partial charge in [-0.3, -0.25) is 0 Å². The summed E-state index contributed by atoms with van der Waals surface area (Å²) < 4.78 is 6.30. The lowest BCUT2D eigenvalue weighted by Crippen LogP contribution is -2.06. The number of hydrogen-bond donors (Lipinski definition) is 1. The first-order chi connectivity index (χ1) is 10.2. The van der Waals surface area contributed by atoms with Crippen LogP contribution in [0.2, 0.25) is 0 Å². The first-order valence-electron chi connectivity index (χ1n) is 6.61. The second-order valence-corrected chi connectivity index (χ2v) is 5.66. The van der Waals surface area contributed by atoms with Gasteiger partial charge in [0.1, 0.15) is 0 Å². The van der Waals surface area contributed by atoms with E-state index in [0.29, 0.717) is 5.89 Å². The number of rotatable bonds is 4. The molecular weight excluding hydrogens is 330 g/mol. The van der Waals surface area contributed by atoms with E-state index in [1.807, 2.05) is 36.4 Å². The van der Waals surface area contributed by atoms with E-state index in [0.717, 1.165) is 15.7 Å². The lowest BCUT2D eigenvalue weighted by molar-refractivity contribution is 0.568. The van der Waals surface area contributed by atoms with Gasteiger partial charge in [0, 0.05) is 21.8 Å². The molecule has 0 aliphatic rings. The number of anilines is 1. The fraction of sp³-hybridized carbons (Fsp3) is 0.125. The van der Waals surface area contributed by atoms with E-state index in [4.69, 9.17) is 4.42 Å². The van der Waals surface area contributed by atoms with Crippen LogP contribution in [0.1, 0.15) is 18.5 Å². The number of aromatic nitrogens is 2. The van der Waals surface area contributed by atoms with Crippen LogP contribution in [0.15, 0.2) is 63.8 Å². The minimum atomic E-state index is 0.205. The molecule has 0 spiro atoms. The van der Waals surface area contributed by atoms with E-state index in [1.165, 1.54) is 12.0 Å². The standard InChI is InChI=1S/C16H14BrN3O/c1-11(12-5-7-14(17)8-6-12)19-15-4-2-3-13(9-15)16-20-18-10-21-16/h2-11,19H,1H3. The Morgan fingerprint density at radius 3 is 2.67 bits per heavy atom. The van der Waals surface area contributed by atoms with E-state index in [9.17, 15) is 0 Å². The summed E-state index contributed by atoms with van der Waals surface area (Å²) >= 11 is 3.45. The number of benzene rings is 2. The molecule has 21 heavy (non-hydrogen) atoms. The van der Waals surface area contributed by atoms with Gasteiger partial charge >= 0.3 is 0 Å². The molecule has 1 aromatic heterocycles. The molecule has 3 aromatic rings. The summed E-state index contributed by atoms with van der Waals surface area (Å²) in [7, 11) is 0. The molecule has 0 amide bonds. The maximum absolute atomic E-state index is 5.22. The summed E-state index contributed by atoms with van der Waals surface area (Å²) in [6.45, 7) is 2.13. The average Bonchev–Trinajstić information content (AvgIpc) is 3.02. The van der Waals surface area contributed by atoms with Crippen LogP contribution in [-0.2, 0) is 0 Å². The van der Waals surface area contributed by atoms with Crippen molar-refractivity contribution in [3.63, 3.8) is 0 Å². The normalized spacial score (nSPS) is 12.1. The molecule has 1 heterocycles. The Morgan fingerprint density at radius 1 is 1.14 bits per heavy atom. The topological polar surface area (TPSA) is 51.0 Å². The van der Waals surface area contributed by atoms with Crippen LogP contribution in [0.4, 0.5) is 5.69 Å². The van der Waals surface area contributed by atoms with E-state index < -0.39 is 0 Å². The molecule has 0 saturated heterocycles. The predicted molar refractivity (Wildman–Crippen MR) is 85.9 cm³/mol. The van der Waals surface area contributed by atoms with Crippen molar-refractivity contribution < 1.29 is 4.42 Å². The van der Waals surface area contributed by atoms with Crippen LogP contribution in [0.25, 0.3) is 11.5 Å². The third-order valence-electron chi connectivity index (χ3n) is 3.22. The molecule has 4 nitrogen and oxygen atoms in total. The maximum atomic E-state index is 5.22. The Morgan fingerprint density at radius 2 is 1.95 bits per heavy atom. The van der Waals surface area contributed by atoms with Gasteiger partial charge in [-0.25, -0.2) is 0 Å². The Bertz CT molecular complexity index is 711. The van der Waals surface area contributed by atoms with Gasteiger partial charge in [0.2, 0.25) is 12.3 Å². The summed E-state index contributed by atoms with van der Waals surface area (Å²) in [5.74, 6) is 0.523. The van der Waals surface area contributed by atoms with E-state index >= 15 is 0 Å². The third kappa shape index (κ3) is 3.31. The Hall–Kier alpha value is -2.14. The van der Waals surface area contributed by atoms with Gasteiger partial charge in [-0.1, -0.05) is 34.1 Å². The smallest absolute Gasteiger partial charge is 0.247 e. The lowest BCUT2D eigenvalue weighted by Gasteiger charge is -2.16. The molecule has 1 N–H and O–H groups in total. The van der Waals surface area contributed by atoms with Gasteiger partial charge in [-0.2, -0.15) is 0 Å². The number of nitrogens with zero attached hydrogens (tertiary/aromatic N) is 2. The van der Waals surface area contributed by atoms with Crippen LogP contribution in [0.5, 0.6) is 0 Å². The molecular formula is C16H14BrN3O. The predicted octanol–water partition coefficient (Wildman–Crippen LogP) is 4.67. The molecule has 3 rings (SSSR count). The summed E-state index contributed by atoms with van der Waals surface area (Å²) in [4.78, 5) is 0. The van der Waals surface area contributed by atoms with E-state index in [2.05, 4.69) is 50.5 Å². The molecule has 0 fully saturated rings. The van der Waals surface area contributed by atoms with Crippen molar-refractivity contribution in [3.05, 3.63) is 65.0 Å². The van der Waals surface area contributed by atoms with Crippen molar-refractivity contribution in [2.45, 2.75) is 13.0 Å². The van der Waals surface area contributed by atoms with Crippen molar-refractivity contribution in [2.24, 2.45) is 0 Å². The highest BCUT2D eigenvalue weighted by Gasteiger charge is 2.08. The third-order valence-corrected chi connectivity index (χ3v) is 3.75. The summed E-state index contributed by atoms with van der Waals surface area (Å²) in [5, 5.41) is 11.1. The second kappa shape index (κ2) is 6.10. The van der Waals surface area contributed by atoms with E-state index in [1.54, 1.807) is 0 Å². The van der Waals surface area contributed by atoms with Gasteiger partial charge in [-0.15, -0.1) is 10.2 Å². The van der Waals surface area contributed by atoms with Crippen molar-refractivity contribution >= 4 is 21.6 Å². The van der Waals surface area contributed by atoms with Crippen LogP contribution in [-0.4, -0.2) is 10.2 Å². The molecule has 2 aromatic carbocycles. The van der Waals surface area contributed by atoms with Crippen molar-refractivity contribution in [1.29, 1.82) is 0 Å². The first-order valence-corrected chi connectivity index (χ1v) is 7.40. The molecule has 1 unspecified atom stereocenters. The van der Waals surface area contributed by atoms with Gasteiger partial charge in [0.25, 0.3) is 0 Å². The van der Waals surface area contributed by atoms with Crippen molar-refractivity contribution in [3.8, 4) is 11.5 Å². The molecule has 0 aliphatic carbocycles. The fourth-order valence-corrected chi connectivity index (χ4v) is 2.39.